The number of piperazine rings is 1. The van der Waals surface area contributed by atoms with Gasteiger partial charge in [-0.2, -0.15) is 0 Å². The van der Waals surface area contributed by atoms with Crippen LogP contribution in [0.4, 0.5) is 0 Å². The molecule has 0 unspecified atom stereocenters. The highest BCUT2D eigenvalue weighted by molar-refractivity contribution is 6.35. The number of imide groups is 1. The predicted octanol–water partition coefficient (Wildman–Crippen LogP) is 2.23. The molecule has 0 spiro atoms. The zero-order valence-electron chi connectivity index (χ0n) is 18.1. The Labute approximate surface area is 182 Å². The minimum atomic E-state index is -0.264. The molecule has 2 aromatic carbocycles. The number of nitrogens with zero attached hydrogens (tertiary/aromatic N) is 3. The van der Waals surface area contributed by atoms with Crippen LogP contribution in [0.25, 0.3) is 5.57 Å². The molecule has 0 aliphatic carbocycles. The maximum atomic E-state index is 13.5. The average Bonchev–Trinajstić information content (AvgIpc) is 3.04. The summed E-state index contributed by atoms with van der Waals surface area (Å²) < 4.78 is 10.7. The van der Waals surface area contributed by atoms with Gasteiger partial charge in [-0.05, 0) is 30.3 Å². The van der Waals surface area contributed by atoms with Crippen LogP contribution < -0.4 is 9.47 Å². The lowest BCUT2D eigenvalue weighted by molar-refractivity contribution is -0.138. The van der Waals surface area contributed by atoms with Gasteiger partial charge in [0.05, 0.1) is 26.3 Å². The molecule has 2 aliphatic rings. The summed E-state index contributed by atoms with van der Waals surface area (Å²) in [7, 11) is 5.20. The summed E-state index contributed by atoms with van der Waals surface area (Å²) in [4.78, 5) is 32.6. The zero-order valence-corrected chi connectivity index (χ0v) is 18.1. The number of ether oxygens (including phenoxy) is 2. The lowest BCUT2D eigenvalue weighted by Gasteiger charge is -2.34. The first kappa shape index (κ1) is 20.9. The van der Waals surface area contributed by atoms with E-state index in [1.165, 1.54) is 4.90 Å². The van der Waals surface area contributed by atoms with Crippen LogP contribution in [-0.4, -0.2) is 74.0 Å². The van der Waals surface area contributed by atoms with Crippen LogP contribution in [0, 0.1) is 0 Å². The number of carbonyl (C=O) groups excluding carboxylic acids is 2. The second kappa shape index (κ2) is 8.81. The minimum Gasteiger partial charge on any atom is -0.493 e. The van der Waals surface area contributed by atoms with Crippen LogP contribution in [-0.2, 0) is 16.1 Å². The van der Waals surface area contributed by atoms with Gasteiger partial charge in [-0.15, -0.1) is 0 Å². The van der Waals surface area contributed by atoms with E-state index in [2.05, 4.69) is 16.8 Å². The van der Waals surface area contributed by atoms with Crippen molar-refractivity contribution in [3.8, 4) is 11.5 Å². The van der Waals surface area contributed by atoms with E-state index >= 15 is 0 Å². The third-order valence-electron chi connectivity index (χ3n) is 5.81. The molecule has 0 atom stereocenters. The van der Waals surface area contributed by atoms with Crippen molar-refractivity contribution in [3.63, 3.8) is 0 Å². The minimum absolute atomic E-state index is 0.172. The Hall–Kier alpha value is -3.32. The Morgan fingerprint density at radius 1 is 0.839 bits per heavy atom. The third-order valence-corrected chi connectivity index (χ3v) is 5.81. The van der Waals surface area contributed by atoms with E-state index in [9.17, 15) is 9.59 Å². The number of hydrogen-bond acceptors (Lipinski definition) is 6. The first-order valence-corrected chi connectivity index (χ1v) is 10.3. The quantitative estimate of drug-likeness (QED) is 0.667. The summed E-state index contributed by atoms with van der Waals surface area (Å²) in [6, 6.07) is 14.9. The molecule has 2 aliphatic heterocycles. The number of rotatable bonds is 6. The molecule has 31 heavy (non-hydrogen) atoms. The molecular weight excluding hydrogens is 394 g/mol. The molecule has 0 saturated carbocycles. The van der Waals surface area contributed by atoms with Gasteiger partial charge in [-0.3, -0.25) is 14.5 Å². The lowest BCUT2D eigenvalue weighted by Crippen LogP contribution is -2.46. The Morgan fingerprint density at radius 2 is 1.52 bits per heavy atom. The fourth-order valence-electron chi connectivity index (χ4n) is 4.06. The molecule has 2 heterocycles. The van der Waals surface area contributed by atoms with E-state index in [4.69, 9.17) is 9.47 Å². The highest BCUT2D eigenvalue weighted by atomic mass is 16.5. The molecule has 0 aromatic heterocycles. The van der Waals surface area contributed by atoms with Crippen LogP contribution in [0.3, 0.4) is 0 Å². The van der Waals surface area contributed by atoms with Crippen molar-refractivity contribution in [1.82, 2.24) is 14.7 Å². The monoisotopic (exact) mass is 421 g/mol. The Balaban J connectivity index is 1.68. The molecule has 4 rings (SSSR count). The van der Waals surface area contributed by atoms with Gasteiger partial charge < -0.3 is 19.3 Å². The normalized spacial score (nSPS) is 17.5. The van der Waals surface area contributed by atoms with Crippen LogP contribution >= 0.6 is 0 Å². The summed E-state index contributed by atoms with van der Waals surface area (Å²) in [6.07, 6.45) is 0. The highest BCUT2D eigenvalue weighted by Crippen LogP contribution is 2.34. The highest BCUT2D eigenvalue weighted by Gasteiger charge is 2.42. The van der Waals surface area contributed by atoms with Crippen molar-refractivity contribution in [1.29, 1.82) is 0 Å². The van der Waals surface area contributed by atoms with E-state index in [0.717, 1.165) is 24.2 Å². The maximum absolute atomic E-state index is 13.5. The molecule has 0 N–H and O–H groups in total. The lowest BCUT2D eigenvalue weighted by atomic mass is 10.0. The molecule has 7 heteroatoms. The van der Waals surface area contributed by atoms with Crippen LogP contribution in [0.15, 0.2) is 54.2 Å². The summed E-state index contributed by atoms with van der Waals surface area (Å²) in [5.74, 6) is 0.657. The maximum Gasteiger partial charge on any atom is 0.278 e. The van der Waals surface area contributed by atoms with Gasteiger partial charge >= 0.3 is 0 Å². The number of hydrogen-bond donors (Lipinski definition) is 0. The van der Waals surface area contributed by atoms with Crippen LogP contribution in [0.5, 0.6) is 11.5 Å². The van der Waals surface area contributed by atoms with Gasteiger partial charge in [0, 0.05) is 26.2 Å². The SMILES string of the molecule is COc1ccc(CN2C(=O)C(c3ccccc3)=C(N3CCN(C)CC3)C2=O)cc1OC. The van der Waals surface area contributed by atoms with E-state index in [0.29, 0.717) is 35.9 Å². The summed E-state index contributed by atoms with van der Waals surface area (Å²) in [6.45, 7) is 3.30. The third kappa shape index (κ3) is 4.01. The van der Waals surface area contributed by atoms with E-state index in [1.807, 2.05) is 36.4 Å². The topological polar surface area (TPSA) is 62.3 Å². The number of likely N-dealkylation sites (N-methyl/N-ethyl adjacent to an activating group) is 1. The van der Waals surface area contributed by atoms with Crippen molar-refractivity contribution in [3.05, 3.63) is 65.4 Å². The van der Waals surface area contributed by atoms with Crippen molar-refractivity contribution in [2.75, 3.05) is 47.4 Å². The first-order chi connectivity index (χ1) is 15.0. The molecule has 7 nitrogen and oxygen atoms in total. The summed E-state index contributed by atoms with van der Waals surface area (Å²) in [5.41, 5.74) is 2.55. The van der Waals surface area contributed by atoms with Gasteiger partial charge in [0.1, 0.15) is 5.70 Å². The molecule has 2 amide bonds. The molecule has 0 radical (unpaired) electrons. The molecular formula is C24H27N3O4. The second-order valence-corrected chi connectivity index (χ2v) is 7.77. The zero-order chi connectivity index (χ0) is 22.0. The molecule has 1 saturated heterocycles. The molecule has 0 bridgehead atoms. The van der Waals surface area contributed by atoms with Gasteiger partial charge in [-0.1, -0.05) is 36.4 Å². The van der Waals surface area contributed by atoms with Crippen LogP contribution in [0.1, 0.15) is 11.1 Å². The van der Waals surface area contributed by atoms with Gasteiger partial charge in [0.2, 0.25) is 0 Å². The van der Waals surface area contributed by atoms with Gasteiger partial charge in [0.25, 0.3) is 11.8 Å². The van der Waals surface area contributed by atoms with Crippen molar-refractivity contribution in [2.24, 2.45) is 0 Å². The largest absolute Gasteiger partial charge is 0.493 e. The summed E-state index contributed by atoms with van der Waals surface area (Å²) in [5, 5.41) is 0. The van der Waals surface area contributed by atoms with Gasteiger partial charge in [-0.25, -0.2) is 0 Å². The smallest absolute Gasteiger partial charge is 0.278 e. The van der Waals surface area contributed by atoms with Crippen LogP contribution in [0.2, 0.25) is 0 Å². The molecule has 2 aromatic rings. The number of benzene rings is 2. The fourth-order valence-corrected chi connectivity index (χ4v) is 4.06. The first-order valence-electron chi connectivity index (χ1n) is 10.3. The number of amides is 2. The Kier molecular flexibility index (Phi) is 5.95. The van der Waals surface area contributed by atoms with Gasteiger partial charge in [0.15, 0.2) is 11.5 Å². The predicted molar refractivity (Wildman–Crippen MR) is 118 cm³/mol. The molecule has 1 fully saturated rings. The summed E-state index contributed by atoms with van der Waals surface area (Å²) >= 11 is 0. The average molecular weight is 421 g/mol. The van der Waals surface area contributed by atoms with E-state index in [1.54, 1.807) is 26.4 Å². The number of carbonyl (C=O) groups is 2. The molecule has 162 valence electrons. The Bertz CT molecular complexity index is 1010. The van der Waals surface area contributed by atoms with Crippen molar-refractivity contribution in [2.45, 2.75) is 6.54 Å². The van der Waals surface area contributed by atoms with Crippen molar-refractivity contribution < 1.29 is 19.1 Å². The standard InChI is InChI=1S/C24H27N3O4/c1-25-11-13-26(14-12-25)22-21(18-7-5-4-6-8-18)23(28)27(24(22)29)16-17-9-10-19(30-2)20(15-17)31-3/h4-10,15H,11-14,16H2,1-3H3. The van der Waals surface area contributed by atoms with E-state index in [-0.39, 0.29) is 18.4 Å². The second-order valence-electron chi connectivity index (χ2n) is 7.77. The van der Waals surface area contributed by atoms with Crippen molar-refractivity contribution >= 4 is 17.4 Å². The fraction of sp³-hybridized carbons (Fsp3) is 0.333. The number of methoxy groups -OCH3 is 2. The van der Waals surface area contributed by atoms with E-state index < -0.39 is 0 Å². The Morgan fingerprint density at radius 3 is 2.16 bits per heavy atom.